The van der Waals surface area contributed by atoms with Gasteiger partial charge in [-0.2, -0.15) is 5.26 Å². The van der Waals surface area contributed by atoms with Gasteiger partial charge in [-0.1, -0.05) is 0 Å². The lowest BCUT2D eigenvalue weighted by molar-refractivity contribution is -0.0465. The van der Waals surface area contributed by atoms with Crippen LogP contribution in [0.25, 0.3) is 0 Å². The molecule has 0 aromatic heterocycles. The molecule has 2 aliphatic rings. The van der Waals surface area contributed by atoms with E-state index in [-0.39, 0.29) is 6.10 Å². The van der Waals surface area contributed by atoms with Crippen LogP contribution in [0.4, 0.5) is 0 Å². The molecule has 4 heteroatoms. The van der Waals surface area contributed by atoms with Gasteiger partial charge in [-0.25, -0.2) is 0 Å². The number of nitriles is 1. The highest BCUT2D eigenvalue weighted by Crippen LogP contribution is 2.22. The van der Waals surface area contributed by atoms with Crippen molar-refractivity contribution in [1.82, 2.24) is 10.2 Å². The molecule has 0 spiro atoms. The zero-order valence-corrected chi connectivity index (χ0v) is 8.41. The van der Waals surface area contributed by atoms with E-state index in [2.05, 4.69) is 16.3 Å². The Bertz CT molecular complexity index is 226. The molecule has 0 aromatic carbocycles. The zero-order chi connectivity index (χ0) is 9.80. The number of rotatable bonds is 3. The van der Waals surface area contributed by atoms with Crippen LogP contribution < -0.4 is 5.32 Å². The Balaban J connectivity index is 1.72. The van der Waals surface area contributed by atoms with E-state index in [0.29, 0.717) is 12.6 Å². The summed E-state index contributed by atoms with van der Waals surface area (Å²) in [4.78, 5) is 2.52. The van der Waals surface area contributed by atoms with E-state index < -0.39 is 0 Å². The Hall–Kier alpha value is -0.630. The van der Waals surface area contributed by atoms with Crippen molar-refractivity contribution in [3.8, 4) is 6.07 Å². The van der Waals surface area contributed by atoms with Crippen molar-refractivity contribution >= 4 is 0 Å². The van der Waals surface area contributed by atoms with Crippen LogP contribution in [-0.4, -0.2) is 49.8 Å². The largest absolute Gasteiger partial charge is 0.374 e. The summed E-state index contributed by atoms with van der Waals surface area (Å²) in [7, 11) is 0. The summed E-state index contributed by atoms with van der Waals surface area (Å²) in [5.41, 5.74) is 0. The normalized spacial score (nSPS) is 32.5. The van der Waals surface area contributed by atoms with Crippen molar-refractivity contribution in [2.45, 2.75) is 25.0 Å². The topological polar surface area (TPSA) is 48.3 Å². The van der Waals surface area contributed by atoms with Crippen LogP contribution in [0.3, 0.4) is 0 Å². The maximum Gasteiger partial charge on any atom is 0.0841 e. The summed E-state index contributed by atoms with van der Waals surface area (Å²) >= 11 is 0. The molecule has 2 fully saturated rings. The molecule has 1 N–H and O–H groups in total. The number of morpholine rings is 1. The lowest BCUT2D eigenvalue weighted by atomic mass is 10.2. The van der Waals surface area contributed by atoms with Gasteiger partial charge < -0.3 is 10.1 Å². The Morgan fingerprint density at radius 1 is 1.57 bits per heavy atom. The second-order valence-corrected chi connectivity index (χ2v) is 4.04. The van der Waals surface area contributed by atoms with Crippen LogP contribution in [0, 0.1) is 11.3 Å². The highest BCUT2D eigenvalue weighted by atomic mass is 16.5. The average Bonchev–Trinajstić information content (AvgIpc) is 2.65. The summed E-state index contributed by atoms with van der Waals surface area (Å²) in [5, 5.41) is 11.5. The molecular weight excluding hydrogens is 178 g/mol. The maximum absolute atomic E-state index is 8.38. The lowest BCUT2D eigenvalue weighted by Crippen LogP contribution is -2.49. The third kappa shape index (κ3) is 2.24. The number of nitrogens with one attached hydrogen (secondary N) is 1. The quantitative estimate of drug-likeness (QED) is 0.507. The van der Waals surface area contributed by atoms with Crippen molar-refractivity contribution in [1.29, 1.82) is 5.26 Å². The van der Waals surface area contributed by atoms with Gasteiger partial charge in [0.15, 0.2) is 0 Å². The highest BCUT2D eigenvalue weighted by molar-refractivity contribution is 4.86. The first-order valence-electron chi connectivity index (χ1n) is 5.33. The summed E-state index contributed by atoms with van der Waals surface area (Å²) in [6, 6.07) is 2.74. The molecule has 2 saturated heterocycles. The van der Waals surface area contributed by atoms with Crippen LogP contribution in [-0.2, 0) is 4.74 Å². The molecule has 0 radical (unpaired) electrons. The van der Waals surface area contributed by atoms with Gasteiger partial charge in [0.25, 0.3) is 0 Å². The second-order valence-electron chi connectivity index (χ2n) is 4.04. The van der Waals surface area contributed by atoms with Gasteiger partial charge in [0.1, 0.15) is 0 Å². The zero-order valence-electron chi connectivity index (χ0n) is 8.41. The second kappa shape index (κ2) is 4.74. The minimum Gasteiger partial charge on any atom is -0.374 e. The van der Waals surface area contributed by atoms with E-state index in [1.54, 1.807) is 0 Å². The Kier molecular flexibility index (Phi) is 3.35. The maximum atomic E-state index is 8.38. The SMILES string of the molecule is N#CCNCC1CN2CCCC2CO1. The van der Waals surface area contributed by atoms with Crippen LogP contribution in [0.2, 0.25) is 0 Å². The molecule has 0 amide bonds. The lowest BCUT2D eigenvalue weighted by Gasteiger charge is -2.35. The molecule has 78 valence electrons. The van der Waals surface area contributed by atoms with Gasteiger partial charge in [0.2, 0.25) is 0 Å². The Labute approximate surface area is 84.8 Å². The van der Waals surface area contributed by atoms with Crippen molar-refractivity contribution < 1.29 is 4.74 Å². The Morgan fingerprint density at radius 2 is 2.50 bits per heavy atom. The minimum atomic E-state index is 0.276. The van der Waals surface area contributed by atoms with Crippen LogP contribution >= 0.6 is 0 Å². The third-order valence-electron chi connectivity index (χ3n) is 3.04. The van der Waals surface area contributed by atoms with E-state index in [0.717, 1.165) is 19.7 Å². The highest BCUT2D eigenvalue weighted by Gasteiger charge is 2.31. The molecule has 2 atom stereocenters. The fourth-order valence-electron chi connectivity index (χ4n) is 2.30. The fourth-order valence-corrected chi connectivity index (χ4v) is 2.30. The van der Waals surface area contributed by atoms with Gasteiger partial charge in [-0.15, -0.1) is 0 Å². The first-order chi connectivity index (χ1) is 6.90. The predicted octanol–water partition coefficient (Wildman–Crippen LogP) is -0.0372. The first-order valence-corrected chi connectivity index (χ1v) is 5.33. The molecule has 2 unspecified atom stereocenters. The summed E-state index contributed by atoms with van der Waals surface area (Å²) in [5.74, 6) is 0. The molecule has 0 saturated carbocycles. The monoisotopic (exact) mass is 195 g/mol. The first kappa shape index (κ1) is 9.91. The Morgan fingerprint density at radius 3 is 3.36 bits per heavy atom. The van der Waals surface area contributed by atoms with E-state index >= 15 is 0 Å². The molecule has 0 bridgehead atoms. The van der Waals surface area contributed by atoms with Crippen molar-refractivity contribution in [3.63, 3.8) is 0 Å². The van der Waals surface area contributed by atoms with Crippen molar-refractivity contribution in [3.05, 3.63) is 0 Å². The van der Waals surface area contributed by atoms with Crippen LogP contribution in [0.5, 0.6) is 0 Å². The predicted molar refractivity (Wildman–Crippen MR) is 52.8 cm³/mol. The molecule has 2 heterocycles. The van der Waals surface area contributed by atoms with E-state index in [4.69, 9.17) is 10.00 Å². The van der Waals surface area contributed by atoms with Crippen LogP contribution in [0.15, 0.2) is 0 Å². The van der Waals surface area contributed by atoms with Gasteiger partial charge in [-0.3, -0.25) is 4.90 Å². The molecule has 14 heavy (non-hydrogen) atoms. The van der Waals surface area contributed by atoms with E-state index in [9.17, 15) is 0 Å². The number of ether oxygens (including phenoxy) is 1. The minimum absolute atomic E-state index is 0.276. The van der Waals surface area contributed by atoms with Crippen molar-refractivity contribution in [2.24, 2.45) is 0 Å². The van der Waals surface area contributed by atoms with Crippen LogP contribution in [0.1, 0.15) is 12.8 Å². The van der Waals surface area contributed by atoms with Gasteiger partial charge in [0, 0.05) is 19.1 Å². The molecule has 0 aromatic rings. The molecular formula is C10H17N3O. The summed E-state index contributed by atoms with van der Waals surface area (Å²) in [6.07, 6.45) is 2.88. The molecule has 2 rings (SSSR count). The standard InChI is InChI=1S/C10H17N3O/c11-3-4-12-6-10-7-13-5-1-2-9(13)8-14-10/h9-10,12H,1-2,4-8H2. The smallest absolute Gasteiger partial charge is 0.0841 e. The average molecular weight is 195 g/mol. The molecule has 0 aliphatic carbocycles. The third-order valence-corrected chi connectivity index (χ3v) is 3.04. The van der Waals surface area contributed by atoms with Crippen molar-refractivity contribution in [2.75, 3.05) is 32.8 Å². The number of hydrogen-bond acceptors (Lipinski definition) is 4. The number of hydrogen-bond donors (Lipinski definition) is 1. The number of nitrogens with zero attached hydrogens (tertiary/aromatic N) is 2. The van der Waals surface area contributed by atoms with Gasteiger partial charge >= 0.3 is 0 Å². The number of fused-ring (bicyclic) bond motifs is 1. The molecule has 2 aliphatic heterocycles. The molecule has 4 nitrogen and oxygen atoms in total. The summed E-state index contributed by atoms with van der Waals surface area (Å²) < 4.78 is 5.72. The summed E-state index contributed by atoms with van der Waals surface area (Å²) in [6.45, 7) is 4.35. The van der Waals surface area contributed by atoms with Gasteiger partial charge in [0.05, 0.1) is 25.3 Å². The fraction of sp³-hybridized carbons (Fsp3) is 0.900. The van der Waals surface area contributed by atoms with E-state index in [1.807, 2.05) is 0 Å². The van der Waals surface area contributed by atoms with E-state index in [1.165, 1.54) is 19.4 Å². The van der Waals surface area contributed by atoms with Gasteiger partial charge in [-0.05, 0) is 19.4 Å².